The maximum Gasteiger partial charge on any atom is 0.343 e. The van der Waals surface area contributed by atoms with Crippen LogP contribution in [0.3, 0.4) is 0 Å². The smallest absolute Gasteiger partial charge is 0.343 e. The van der Waals surface area contributed by atoms with E-state index < -0.39 is 22.6 Å². The summed E-state index contributed by atoms with van der Waals surface area (Å²) in [6, 6.07) is 0. The molecule has 2 unspecified atom stereocenters. The Labute approximate surface area is 72.3 Å². The highest BCUT2D eigenvalue weighted by atomic mass is 16.6. The fourth-order valence-corrected chi connectivity index (χ4v) is 1.25. The van der Waals surface area contributed by atoms with Gasteiger partial charge in [0.15, 0.2) is 0 Å². The first-order valence-corrected chi connectivity index (χ1v) is 3.53. The van der Waals surface area contributed by atoms with E-state index in [1.54, 1.807) is 0 Å². The van der Waals surface area contributed by atoms with Crippen LogP contribution in [-0.2, 0) is 9.53 Å². The molecule has 0 spiro atoms. The highest BCUT2D eigenvalue weighted by molar-refractivity contribution is 5.85. The number of carbonyl (C=O) groups is 1. The molecule has 0 radical (unpaired) electrons. The van der Waals surface area contributed by atoms with Gasteiger partial charge in [-0.2, -0.15) is 0 Å². The number of rotatable bonds is 2. The summed E-state index contributed by atoms with van der Waals surface area (Å²) in [5.74, 6) is -1.12. The fourth-order valence-electron chi connectivity index (χ4n) is 1.25. The van der Waals surface area contributed by atoms with E-state index in [2.05, 4.69) is 0 Å². The van der Waals surface area contributed by atoms with Gasteiger partial charge < -0.3 is 9.84 Å². The van der Waals surface area contributed by atoms with Crippen molar-refractivity contribution in [3.05, 3.63) is 34.0 Å². The lowest BCUT2D eigenvalue weighted by atomic mass is 10.00. The number of fused-ring (bicyclic) bond motifs is 1. The molecule has 1 saturated heterocycles. The molecule has 6 nitrogen and oxygen atoms in total. The number of aliphatic carboxylic acids is 1. The highest BCUT2D eigenvalue weighted by Crippen LogP contribution is 2.42. The molecule has 1 heterocycles. The second kappa shape index (κ2) is 2.17. The van der Waals surface area contributed by atoms with Crippen LogP contribution in [0.4, 0.5) is 0 Å². The predicted octanol–water partition coefficient (Wildman–Crippen LogP) is -0.0610. The summed E-state index contributed by atoms with van der Waals surface area (Å²) in [6.45, 7) is 0. The third kappa shape index (κ3) is 0.955. The molecule has 0 aromatic carbocycles. The second-order valence-corrected chi connectivity index (χ2v) is 2.82. The lowest BCUT2D eigenvalue weighted by Crippen LogP contribution is -2.26. The van der Waals surface area contributed by atoms with Crippen molar-refractivity contribution in [2.45, 2.75) is 11.7 Å². The average Bonchev–Trinajstić information content (AvgIpc) is 2.77. The van der Waals surface area contributed by atoms with E-state index in [4.69, 9.17) is 9.84 Å². The van der Waals surface area contributed by atoms with Gasteiger partial charge in [0.25, 0.3) is 5.70 Å². The Morgan fingerprint density at radius 3 is 2.92 bits per heavy atom. The number of allylic oxidation sites excluding steroid dienone is 1. The number of epoxide rings is 1. The Balaban J connectivity index is 2.26. The summed E-state index contributed by atoms with van der Waals surface area (Å²) in [6.07, 6.45) is 2.87. The van der Waals surface area contributed by atoms with E-state index in [1.165, 1.54) is 12.2 Å². The van der Waals surface area contributed by atoms with E-state index in [-0.39, 0.29) is 5.70 Å². The van der Waals surface area contributed by atoms with Crippen molar-refractivity contribution in [1.82, 2.24) is 0 Å². The Kier molecular flexibility index (Phi) is 1.32. The summed E-state index contributed by atoms with van der Waals surface area (Å²) in [5, 5.41) is 19.0. The van der Waals surface area contributed by atoms with Crippen molar-refractivity contribution < 1.29 is 19.6 Å². The molecular weight excluding hydrogens is 178 g/mol. The van der Waals surface area contributed by atoms with Gasteiger partial charge in [-0.25, -0.2) is 4.79 Å². The van der Waals surface area contributed by atoms with Crippen LogP contribution in [0.2, 0.25) is 0 Å². The van der Waals surface area contributed by atoms with Crippen LogP contribution >= 0.6 is 0 Å². The summed E-state index contributed by atoms with van der Waals surface area (Å²) in [5.41, 5.74) is -1.46. The molecule has 0 bridgehead atoms. The number of ether oxygens (including phenoxy) is 1. The van der Waals surface area contributed by atoms with Crippen LogP contribution in [0.25, 0.3) is 0 Å². The molecular formula is C7H5NO5. The quantitative estimate of drug-likeness (QED) is 0.367. The van der Waals surface area contributed by atoms with E-state index in [0.29, 0.717) is 0 Å². The largest absolute Gasteiger partial charge is 0.479 e. The van der Waals surface area contributed by atoms with E-state index in [0.717, 1.165) is 6.08 Å². The molecule has 0 aromatic heterocycles. The van der Waals surface area contributed by atoms with Crippen molar-refractivity contribution >= 4 is 5.97 Å². The second-order valence-electron chi connectivity index (χ2n) is 2.82. The van der Waals surface area contributed by atoms with Crippen molar-refractivity contribution in [2.75, 3.05) is 0 Å². The Morgan fingerprint density at radius 1 is 1.77 bits per heavy atom. The highest BCUT2D eigenvalue weighted by Gasteiger charge is 2.62. The van der Waals surface area contributed by atoms with Gasteiger partial charge >= 0.3 is 5.97 Å². The maximum atomic E-state index is 10.6. The molecule has 1 N–H and O–H groups in total. The fraction of sp³-hybridized carbons (Fsp3) is 0.286. The molecule has 68 valence electrons. The molecule has 6 heteroatoms. The Bertz CT molecular complexity index is 358. The minimum absolute atomic E-state index is 0.126. The predicted molar refractivity (Wildman–Crippen MR) is 39.5 cm³/mol. The van der Waals surface area contributed by atoms with Gasteiger partial charge in [0.05, 0.1) is 4.92 Å². The zero-order valence-electron chi connectivity index (χ0n) is 6.34. The van der Waals surface area contributed by atoms with Gasteiger partial charge in [-0.15, -0.1) is 0 Å². The first kappa shape index (κ1) is 7.93. The Morgan fingerprint density at radius 2 is 2.46 bits per heavy atom. The van der Waals surface area contributed by atoms with Gasteiger partial charge in [-0.1, -0.05) is 0 Å². The van der Waals surface area contributed by atoms with Crippen LogP contribution in [-0.4, -0.2) is 27.7 Å². The van der Waals surface area contributed by atoms with Crippen molar-refractivity contribution in [3.63, 3.8) is 0 Å². The molecule has 2 atom stereocenters. The van der Waals surface area contributed by atoms with Crippen LogP contribution in [0.5, 0.6) is 0 Å². The number of carboxylic acids is 1. The molecule has 13 heavy (non-hydrogen) atoms. The van der Waals surface area contributed by atoms with Crippen molar-refractivity contribution in [3.8, 4) is 0 Å². The summed E-state index contributed by atoms with van der Waals surface area (Å²) >= 11 is 0. The van der Waals surface area contributed by atoms with E-state index in [1.807, 2.05) is 0 Å². The molecule has 0 amide bonds. The van der Waals surface area contributed by atoms with E-state index >= 15 is 0 Å². The van der Waals surface area contributed by atoms with Crippen LogP contribution in [0.15, 0.2) is 23.9 Å². The van der Waals surface area contributed by atoms with Gasteiger partial charge in [-0.3, -0.25) is 10.1 Å². The third-order valence-electron chi connectivity index (χ3n) is 2.06. The minimum atomic E-state index is -1.33. The van der Waals surface area contributed by atoms with E-state index in [9.17, 15) is 14.9 Å². The number of nitrogens with zero attached hydrogens (tertiary/aromatic N) is 1. The van der Waals surface area contributed by atoms with Crippen molar-refractivity contribution in [1.29, 1.82) is 0 Å². The van der Waals surface area contributed by atoms with Crippen LogP contribution in [0, 0.1) is 10.1 Å². The zero-order valence-corrected chi connectivity index (χ0v) is 6.34. The lowest BCUT2D eigenvalue weighted by molar-refractivity contribution is -0.419. The number of hydrogen-bond donors (Lipinski definition) is 1. The van der Waals surface area contributed by atoms with Crippen LogP contribution in [0.1, 0.15) is 0 Å². The normalized spacial score (nSPS) is 34.8. The standard InChI is InChI=1S/C7H5NO5/c9-6(10)7-2-1-4(8(11)12)3-5(7)13-7/h1-3,5H,(H,9,10). The third-order valence-corrected chi connectivity index (χ3v) is 2.06. The SMILES string of the molecule is O=C(O)C12C=CC([N+](=O)[O-])=CC1O2. The maximum absolute atomic E-state index is 10.6. The molecule has 0 aromatic rings. The first-order valence-electron chi connectivity index (χ1n) is 3.53. The monoisotopic (exact) mass is 183 g/mol. The molecule has 2 rings (SSSR count). The minimum Gasteiger partial charge on any atom is -0.479 e. The molecule has 1 aliphatic carbocycles. The lowest BCUT2D eigenvalue weighted by Gasteiger charge is -2.01. The first-order chi connectivity index (χ1) is 6.06. The average molecular weight is 183 g/mol. The zero-order chi connectivity index (χ0) is 9.64. The molecule has 1 aliphatic heterocycles. The topological polar surface area (TPSA) is 93.0 Å². The van der Waals surface area contributed by atoms with Crippen molar-refractivity contribution in [2.24, 2.45) is 0 Å². The number of hydrogen-bond acceptors (Lipinski definition) is 4. The summed E-state index contributed by atoms with van der Waals surface area (Å²) < 4.78 is 4.84. The molecule has 1 fully saturated rings. The Hall–Kier alpha value is -1.69. The van der Waals surface area contributed by atoms with Gasteiger partial charge in [-0.05, 0) is 6.08 Å². The number of carboxylic acid groups (broad SMARTS) is 1. The van der Waals surface area contributed by atoms with Gasteiger partial charge in [0.1, 0.15) is 6.10 Å². The number of nitro groups is 1. The van der Waals surface area contributed by atoms with Gasteiger partial charge in [0, 0.05) is 12.2 Å². The molecule has 2 aliphatic rings. The molecule has 0 saturated carbocycles. The van der Waals surface area contributed by atoms with Gasteiger partial charge in [0.2, 0.25) is 5.60 Å². The summed E-state index contributed by atoms with van der Waals surface area (Å²) in [4.78, 5) is 20.3. The summed E-state index contributed by atoms with van der Waals surface area (Å²) in [7, 11) is 0. The van der Waals surface area contributed by atoms with Crippen LogP contribution < -0.4 is 0 Å².